The molecular weight excluding hydrogens is 994 g/mol. The molecule has 6 atom stereocenters. The number of nitrogens with zero attached hydrogens (tertiary/aromatic N) is 7. The van der Waals surface area contributed by atoms with Crippen molar-refractivity contribution in [3.05, 3.63) is 75.9 Å². The van der Waals surface area contributed by atoms with E-state index in [2.05, 4.69) is 34.0 Å². The van der Waals surface area contributed by atoms with Crippen LogP contribution in [0.5, 0.6) is 17.2 Å². The molecule has 6 aliphatic rings. The summed E-state index contributed by atoms with van der Waals surface area (Å²) in [6.07, 6.45) is 1.43. The van der Waals surface area contributed by atoms with Gasteiger partial charge in [-0.2, -0.15) is 13.2 Å². The Hall–Kier alpha value is -6.65. The molecule has 22 heteroatoms. The number of piperidine rings is 1. The SMILES string of the molecule is C/C1=C/C=C/C(C)[C@H](O)[C@@H](C)C(O)CC(OC(=O)CC(=O)N2CCCN(c3nccc(C(F)(F)F)n3)CC2)CC/C=C/O[C@@]2(C)Oc3c(C)c(O)c4c(O)c(c5c(c4c3C2=O)=NC2(CCN(CC(C)C)CC2)N=5)NC1=O. The number of nitrogens with one attached hydrogen (secondary N) is 1. The number of likely N-dealkylation sites (tertiary alicyclic amines) is 1. The number of fused-ring (bicyclic) bond motifs is 13. The number of esters is 1. The van der Waals surface area contributed by atoms with Crippen LogP contribution >= 0.6 is 0 Å². The van der Waals surface area contributed by atoms with Gasteiger partial charge in [0.05, 0.1) is 34.8 Å². The lowest BCUT2D eigenvalue weighted by molar-refractivity contribution is -0.155. The Morgan fingerprint density at radius 1 is 0.987 bits per heavy atom. The van der Waals surface area contributed by atoms with Gasteiger partial charge in [0, 0.05) is 107 Å². The van der Waals surface area contributed by atoms with Crippen LogP contribution in [0.1, 0.15) is 108 Å². The van der Waals surface area contributed by atoms with Gasteiger partial charge in [0.2, 0.25) is 11.9 Å². The van der Waals surface area contributed by atoms with Crippen molar-refractivity contribution >= 4 is 46.0 Å². The van der Waals surface area contributed by atoms with Crippen molar-refractivity contribution in [3.8, 4) is 17.2 Å². The Morgan fingerprint density at radius 2 is 1.71 bits per heavy atom. The number of aromatic hydroxyl groups is 2. The minimum atomic E-state index is -4.66. The maximum absolute atomic E-state index is 14.8. The van der Waals surface area contributed by atoms with Crippen molar-refractivity contribution in [2.45, 2.75) is 129 Å². The summed E-state index contributed by atoms with van der Waals surface area (Å²) in [5, 5.41) is 50.1. The monoisotopic (exact) mass is 1060 g/mol. The number of amides is 2. The number of Topliss-reactive ketones (excluding diaryl/α,β-unsaturated/α-hetero) is 1. The van der Waals surface area contributed by atoms with Crippen LogP contribution in [0.3, 0.4) is 0 Å². The molecule has 19 nitrogen and oxygen atoms in total. The molecule has 0 aliphatic carbocycles. The minimum Gasteiger partial charge on any atom is -0.507 e. The van der Waals surface area contributed by atoms with E-state index in [1.54, 1.807) is 43.9 Å². The normalized spacial score (nSPS) is 27.2. The van der Waals surface area contributed by atoms with Crippen LogP contribution in [0, 0.1) is 24.7 Å². The highest BCUT2D eigenvalue weighted by Gasteiger charge is 2.50. The van der Waals surface area contributed by atoms with Crippen LogP contribution in [-0.2, 0) is 30.0 Å². The zero-order valence-electron chi connectivity index (χ0n) is 43.8. The van der Waals surface area contributed by atoms with Gasteiger partial charge in [-0.3, -0.25) is 29.2 Å². The number of aliphatic hydroxyl groups excluding tert-OH is 2. The second kappa shape index (κ2) is 22.1. The molecule has 76 heavy (non-hydrogen) atoms. The van der Waals surface area contributed by atoms with Gasteiger partial charge in [0.25, 0.3) is 11.7 Å². The van der Waals surface area contributed by atoms with Gasteiger partial charge in [0.15, 0.2) is 11.4 Å². The number of rotatable bonds is 6. The predicted molar refractivity (Wildman–Crippen MR) is 272 cm³/mol. The Kier molecular flexibility index (Phi) is 16.2. The van der Waals surface area contributed by atoms with Crippen LogP contribution in [0.25, 0.3) is 10.8 Å². The van der Waals surface area contributed by atoms with E-state index in [1.807, 2.05) is 0 Å². The van der Waals surface area contributed by atoms with Crippen LogP contribution < -0.4 is 25.7 Å². The van der Waals surface area contributed by atoms with E-state index in [4.69, 9.17) is 24.2 Å². The minimum absolute atomic E-state index is 0.00211. The zero-order valence-corrected chi connectivity index (χ0v) is 43.8. The van der Waals surface area contributed by atoms with E-state index in [9.17, 15) is 52.8 Å². The lowest BCUT2D eigenvalue weighted by atomic mass is 9.86. The maximum atomic E-state index is 14.8. The van der Waals surface area contributed by atoms with E-state index in [0.717, 1.165) is 18.8 Å². The molecule has 0 saturated carbocycles. The third-order valence-corrected chi connectivity index (χ3v) is 14.9. The standard InChI is InChI=1S/C54H67F3N8O11/c1-29(2)28-63-21-16-53(17-22-63)61-42-39-40-46(70)33(6)48-41(39)49(72)52(7,76-48)74-25-9-8-14-34(26-35(66)32(5)45(69)30(3)12-10-13-31(4)50(73)60-44(47(40)71)43(42)62-53)75-38(68)27-37(67)64-19-11-20-65(24-23-64)51-58-18-15-36(59-51)54(55,56)57/h9-10,12-13,15,18,25,29-30,32,34-35,45,66,69-71H,8,11,14,16-17,19-24,26-28H2,1-7H3,(H,60,73)/b12-10+,25-9+,31-13-/t30?,32-,34?,35?,45-,52-/m0/s1. The Bertz CT molecular complexity index is 2990. The summed E-state index contributed by atoms with van der Waals surface area (Å²) >= 11 is 0. The summed E-state index contributed by atoms with van der Waals surface area (Å²) < 4.78 is 58.3. The molecule has 0 radical (unpaired) electrons. The number of aromatic nitrogens is 2. The number of benzene rings is 2. The first-order valence-electron chi connectivity index (χ1n) is 25.9. The van der Waals surface area contributed by atoms with E-state index in [-0.39, 0.29) is 101 Å². The molecule has 6 aliphatic heterocycles. The number of alkyl halides is 3. The second-order valence-electron chi connectivity index (χ2n) is 21.1. The molecule has 2 amide bonds. The van der Waals surface area contributed by atoms with Gasteiger partial charge in [0.1, 0.15) is 40.8 Å². The van der Waals surface area contributed by atoms with Crippen molar-refractivity contribution in [2.75, 3.05) is 56.0 Å². The Labute approximate surface area is 437 Å². The van der Waals surface area contributed by atoms with Crippen molar-refractivity contribution in [3.63, 3.8) is 0 Å². The molecule has 7 heterocycles. The number of aliphatic hydroxyl groups is 2. The summed E-state index contributed by atoms with van der Waals surface area (Å²) in [7, 11) is 0. The van der Waals surface area contributed by atoms with Crippen molar-refractivity contribution in [2.24, 2.45) is 27.7 Å². The maximum Gasteiger partial charge on any atom is 0.433 e. The summed E-state index contributed by atoms with van der Waals surface area (Å²) in [5.41, 5.74) is -1.86. The number of carbonyl (C=O) groups excluding carboxylic acids is 4. The lowest BCUT2D eigenvalue weighted by Crippen LogP contribution is -2.43. The van der Waals surface area contributed by atoms with Crippen molar-refractivity contribution in [1.82, 2.24) is 19.8 Å². The topological polar surface area (TPSA) is 249 Å². The van der Waals surface area contributed by atoms with Crippen LogP contribution in [0.4, 0.5) is 24.8 Å². The quantitative estimate of drug-likeness (QED) is 0.115. The molecule has 1 spiro atoms. The number of hydrogen-bond donors (Lipinski definition) is 5. The second-order valence-corrected chi connectivity index (χ2v) is 21.1. The molecule has 410 valence electrons. The van der Waals surface area contributed by atoms with Crippen LogP contribution in [-0.4, -0.2) is 139 Å². The highest BCUT2D eigenvalue weighted by Crippen LogP contribution is 2.50. The van der Waals surface area contributed by atoms with Crippen molar-refractivity contribution < 1.29 is 67.0 Å². The summed E-state index contributed by atoms with van der Waals surface area (Å²) in [6, 6.07) is 0.776. The Morgan fingerprint density at radius 3 is 2.42 bits per heavy atom. The number of anilines is 2. The molecule has 2 fully saturated rings. The van der Waals surface area contributed by atoms with E-state index < -0.39 is 95.0 Å². The molecule has 1 aromatic heterocycles. The summed E-state index contributed by atoms with van der Waals surface area (Å²) in [6.45, 7) is 15.0. The fraction of sp³-hybridized carbons (Fsp3) is 0.556. The molecule has 5 bridgehead atoms. The molecule has 5 N–H and O–H groups in total. The van der Waals surface area contributed by atoms with Crippen LogP contribution in [0.15, 0.2) is 58.4 Å². The fourth-order valence-corrected chi connectivity index (χ4v) is 10.5. The summed E-state index contributed by atoms with van der Waals surface area (Å²) in [5.74, 6) is -6.67. The van der Waals surface area contributed by atoms with E-state index in [1.165, 1.54) is 31.1 Å². The number of phenolic OH excluding ortho intramolecular Hbond substituents is 2. The number of ketones is 1. The molecule has 2 saturated heterocycles. The number of carbonyl (C=O) groups is 4. The number of phenols is 2. The smallest absolute Gasteiger partial charge is 0.433 e. The fourth-order valence-electron chi connectivity index (χ4n) is 10.5. The van der Waals surface area contributed by atoms with Gasteiger partial charge in [-0.15, -0.1) is 0 Å². The van der Waals surface area contributed by atoms with E-state index >= 15 is 0 Å². The van der Waals surface area contributed by atoms with Crippen molar-refractivity contribution in [1.29, 1.82) is 0 Å². The van der Waals surface area contributed by atoms with E-state index in [0.29, 0.717) is 38.3 Å². The molecule has 3 aromatic rings. The first-order valence-corrected chi connectivity index (χ1v) is 25.9. The average molecular weight is 1060 g/mol. The van der Waals surface area contributed by atoms with Gasteiger partial charge >= 0.3 is 17.9 Å². The number of allylic oxidation sites excluding steroid dienone is 3. The third-order valence-electron chi connectivity index (χ3n) is 14.9. The highest BCUT2D eigenvalue weighted by molar-refractivity contribution is 6.19. The zero-order chi connectivity index (χ0) is 55.0. The summed E-state index contributed by atoms with van der Waals surface area (Å²) in [4.78, 5) is 79.0. The number of halogens is 3. The van der Waals surface area contributed by atoms with Gasteiger partial charge in [-0.1, -0.05) is 45.9 Å². The molecule has 9 rings (SSSR count). The highest BCUT2D eigenvalue weighted by atomic mass is 19.4. The first kappa shape index (κ1) is 55.6. The average Bonchev–Trinajstić information content (AvgIpc) is 3.78. The number of ether oxygens (including phenoxy) is 3. The van der Waals surface area contributed by atoms with Crippen LogP contribution in [0.2, 0.25) is 0 Å². The molecule has 3 unspecified atom stereocenters. The largest absolute Gasteiger partial charge is 0.507 e. The first-order chi connectivity index (χ1) is 35.9. The van der Waals surface area contributed by atoms with Gasteiger partial charge < -0.3 is 54.7 Å². The lowest BCUT2D eigenvalue weighted by Gasteiger charge is -2.36. The van der Waals surface area contributed by atoms with Gasteiger partial charge in [-0.25, -0.2) is 9.97 Å². The molecular formula is C54H67F3N8O11. The van der Waals surface area contributed by atoms with Gasteiger partial charge in [-0.05, 0) is 51.2 Å². The molecule has 2 aromatic carbocycles. The third kappa shape index (κ3) is 11.5. The predicted octanol–water partition coefficient (Wildman–Crippen LogP) is 5.55. The Balaban J connectivity index is 1.07. The number of hydrogen-bond acceptors (Lipinski definition) is 17.